The molecule has 1 amide bonds. The molecule has 2 heterocycles. The normalized spacial score (nSPS) is 11.2. The number of amides is 1. The highest BCUT2D eigenvalue weighted by molar-refractivity contribution is 7.91. The molecule has 0 aliphatic carbocycles. The van der Waals surface area contributed by atoms with Crippen LogP contribution in [0.25, 0.3) is 0 Å². The number of pyridine rings is 1. The highest BCUT2D eigenvalue weighted by Crippen LogP contribution is 2.24. The van der Waals surface area contributed by atoms with Crippen LogP contribution >= 0.6 is 11.3 Å². The molecular formula is C21H23N3O5S2. The van der Waals surface area contributed by atoms with Gasteiger partial charge in [-0.25, -0.2) is 18.1 Å². The van der Waals surface area contributed by atoms with Crippen molar-refractivity contribution in [1.82, 2.24) is 15.0 Å². The van der Waals surface area contributed by atoms with Crippen LogP contribution < -0.4 is 19.5 Å². The zero-order chi connectivity index (χ0) is 22.3. The number of hydrogen-bond acceptors (Lipinski definition) is 7. The number of aromatic nitrogens is 1. The van der Waals surface area contributed by atoms with Crippen molar-refractivity contribution in [3.05, 3.63) is 65.2 Å². The third-order valence-corrected chi connectivity index (χ3v) is 7.01. The number of sulfonamides is 1. The van der Waals surface area contributed by atoms with Crippen molar-refractivity contribution in [2.24, 2.45) is 0 Å². The fraction of sp³-hybridized carbons (Fsp3) is 0.238. The number of thiophene rings is 1. The summed E-state index contributed by atoms with van der Waals surface area (Å²) in [6.07, 6.45) is 1.56. The molecule has 10 heteroatoms. The number of rotatable bonds is 10. The van der Waals surface area contributed by atoms with Gasteiger partial charge in [-0.15, -0.1) is 11.3 Å². The third-order valence-electron chi connectivity index (χ3n) is 4.04. The highest BCUT2D eigenvalue weighted by Gasteiger charge is 2.17. The zero-order valence-electron chi connectivity index (χ0n) is 17.1. The molecule has 164 valence electrons. The maximum Gasteiger partial charge on any atom is 0.250 e. The number of nitrogens with one attached hydrogen (secondary N) is 2. The molecule has 0 aliphatic heterocycles. The lowest BCUT2D eigenvalue weighted by Gasteiger charge is -2.09. The summed E-state index contributed by atoms with van der Waals surface area (Å²) in [6.45, 7) is 4.30. The maximum absolute atomic E-state index is 12.6. The van der Waals surface area contributed by atoms with Gasteiger partial charge in [0.25, 0.3) is 0 Å². The summed E-state index contributed by atoms with van der Waals surface area (Å²) in [7, 11) is -3.68. The highest BCUT2D eigenvalue weighted by atomic mass is 32.2. The van der Waals surface area contributed by atoms with E-state index in [0.29, 0.717) is 30.3 Å². The molecule has 0 saturated heterocycles. The SMILES string of the molecule is CCOc1ccc(Oc2cc(CNS(=O)(=O)c3ccc(CNC(C)=O)s3)ccn2)cc1. The van der Waals surface area contributed by atoms with E-state index >= 15 is 0 Å². The van der Waals surface area contributed by atoms with E-state index in [9.17, 15) is 13.2 Å². The van der Waals surface area contributed by atoms with Crippen molar-refractivity contribution in [3.8, 4) is 17.4 Å². The van der Waals surface area contributed by atoms with Crippen molar-refractivity contribution >= 4 is 27.3 Å². The van der Waals surface area contributed by atoms with E-state index in [-0.39, 0.29) is 16.7 Å². The molecule has 0 unspecified atom stereocenters. The summed E-state index contributed by atoms with van der Waals surface area (Å²) >= 11 is 1.11. The van der Waals surface area contributed by atoms with Gasteiger partial charge in [0.1, 0.15) is 15.7 Å². The van der Waals surface area contributed by atoms with Gasteiger partial charge in [-0.2, -0.15) is 0 Å². The second-order valence-corrected chi connectivity index (χ2v) is 9.63. The van der Waals surface area contributed by atoms with E-state index in [1.54, 1.807) is 48.7 Å². The number of hydrogen-bond donors (Lipinski definition) is 2. The Hall–Kier alpha value is -2.95. The zero-order valence-corrected chi connectivity index (χ0v) is 18.8. The molecule has 0 radical (unpaired) electrons. The summed E-state index contributed by atoms with van der Waals surface area (Å²) < 4.78 is 39.1. The number of ether oxygens (including phenoxy) is 2. The van der Waals surface area contributed by atoms with E-state index in [0.717, 1.165) is 22.0 Å². The summed E-state index contributed by atoms with van der Waals surface area (Å²) in [5.74, 6) is 1.53. The standard InChI is InChI=1S/C21H23N3O5S2/c1-3-28-17-4-6-18(7-5-17)29-20-12-16(10-11-22-20)13-24-31(26,27)21-9-8-19(30-21)14-23-15(2)25/h4-12,24H,3,13-14H2,1-2H3,(H,23,25). The van der Waals surface area contributed by atoms with Gasteiger partial charge >= 0.3 is 0 Å². The van der Waals surface area contributed by atoms with Crippen molar-refractivity contribution < 1.29 is 22.7 Å². The molecule has 0 atom stereocenters. The van der Waals surface area contributed by atoms with Crippen LogP contribution in [0.15, 0.2) is 58.9 Å². The van der Waals surface area contributed by atoms with Crippen molar-refractivity contribution in [2.75, 3.05) is 6.61 Å². The molecule has 2 N–H and O–H groups in total. The van der Waals surface area contributed by atoms with E-state index in [1.807, 2.05) is 6.92 Å². The minimum absolute atomic E-state index is 0.0867. The number of carbonyl (C=O) groups excluding carboxylic acids is 1. The van der Waals surface area contributed by atoms with Crippen LogP contribution in [0.4, 0.5) is 0 Å². The van der Waals surface area contributed by atoms with Crippen molar-refractivity contribution in [3.63, 3.8) is 0 Å². The number of carbonyl (C=O) groups is 1. The first-order chi connectivity index (χ1) is 14.9. The Kier molecular flexibility index (Phi) is 7.61. The average Bonchev–Trinajstić information content (AvgIpc) is 3.23. The third kappa shape index (κ3) is 6.78. The number of benzene rings is 1. The lowest BCUT2D eigenvalue weighted by atomic mass is 10.3. The van der Waals surface area contributed by atoms with Gasteiger partial charge in [-0.1, -0.05) is 0 Å². The molecule has 0 bridgehead atoms. The van der Waals surface area contributed by atoms with Crippen LogP contribution in [0, 0.1) is 0 Å². The van der Waals surface area contributed by atoms with Crippen LogP contribution in [0.5, 0.6) is 17.4 Å². The molecule has 0 aliphatic rings. The van der Waals surface area contributed by atoms with Gasteiger partial charge in [-0.3, -0.25) is 4.79 Å². The number of nitrogens with zero attached hydrogens (tertiary/aromatic N) is 1. The first-order valence-electron chi connectivity index (χ1n) is 9.54. The second kappa shape index (κ2) is 10.4. The van der Waals surface area contributed by atoms with E-state index in [2.05, 4.69) is 15.0 Å². The molecule has 0 saturated carbocycles. The minimum Gasteiger partial charge on any atom is -0.494 e. The molecular weight excluding hydrogens is 438 g/mol. The van der Waals surface area contributed by atoms with E-state index in [4.69, 9.17) is 9.47 Å². The minimum atomic E-state index is -3.68. The smallest absolute Gasteiger partial charge is 0.250 e. The predicted molar refractivity (Wildman–Crippen MR) is 118 cm³/mol. The first-order valence-corrected chi connectivity index (χ1v) is 11.8. The molecule has 3 aromatic rings. The summed E-state index contributed by atoms with van der Waals surface area (Å²) in [6, 6.07) is 13.8. The van der Waals surface area contributed by atoms with Gasteiger partial charge < -0.3 is 14.8 Å². The Balaban J connectivity index is 1.60. The summed E-state index contributed by atoms with van der Waals surface area (Å²) in [5.41, 5.74) is 0.703. The van der Waals surface area contributed by atoms with Gasteiger partial charge in [0.15, 0.2) is 0 Å². The van der Waals surface area contributed by atoms with Gasteiger partial charge in [-0.05, 0) is 55.0 Å². The molecule has 31 heavy (non-hydrogen) atoms. The molecule has 0 spiro atoms. The molecule has 2 aromatic heterocycles. The Bertz CT molecular complexity index is 1130. The van der Waals surface area contributed by atoms with Gasteiger partial charge in [0, 0.05) is 30.6 Å². The Morgan fingerprint density at radius 2 is 1.81 bits per heavy atom. The lowest BCUT2D eigenvalue weighted by molar-refractivity contribution is -0.119. The van der Waals surface area contributed by atoms with Gasteiger partial charge in [0.2, 0.25) is 21.8 Å². The van der Waals surface area contributed by atoms with E-state index in [1.165, 1.54) is 13.0 Å². The summed E-state index contributed by atoms with van der Waals surface area (Å²) in [4.78, 5) is 15.9. The monoisotopic (exact) mass is 461 g/mol. The van der Waals surface area contributed by atoms with Crippen LogP contribution in [0.2, 0.25) is 0 Å². The first kappa shape index (κ1) is 22.7. The van der Waals surface area contributed by atoms with Crippen LogP contribution in [0.1, 0.15) is 24.3 Å². The van der Waals surface area contributed by atoms with Crippen LogP contribution in [-0.4, -0.2) is 25.9 Å². The largest absolute Gasteiger partial charge is 0.494 e. The molecule has 0 fully saturated rings. The molecule has 3 rings (SSSR count). The van der Waals surface area contributed by atoms with Crippen LogP contribution in [0.3, 0.4) is 0 Å². The predicted octanol–water partition coefficient (Wildman–Crippen LogP) is 3.45. The average molecular weight is 462 g/mol. The fourth-order valence-corrected chi connectivity index (χ4v) is 4.92. The Labute approximate surface area is 185 Å². The van der Waals surface area contributed by atoms with Gasteiger partial charge in [0.05, 0.1) is 13.2 Å². The Morgan fingerprint density at radius 3 is 2.52 bits per heavy atom. The quantitative estimate of drug-likeness (QED) is 0.479. The Morgan fingerprint density at radius 1 is 1.06 bits per heavy atom. The molecule has 8 nitrogen and oxygen atoms in total. The fourth-order valence-electron chi connectivity index (χ4n) is 2.57. The maximum atomic E-state index is 12.6. The second-order valence-electron chi connectivity index (χ2n) is 6.46. The molecule has 1 aromatic carbocycles. The van der Waals surface area contributed by atoms with E-state index < -0.39 is 10.0 Å². The lowest BCUT2D eigenvalue weighted by Crippen LogP contribution is -2.22. The van der Waals surface area contributed by atoms with Crippen molar-refractivity contribution in [1.29, 1.82) is 0 Å². The topological polar surface area (TPSA) is 107 Å². The summed E-state index contributed by atoms with van der Waals surface area (Å²) in [5, 5.41) is 2.65. The van der Waals surface area contributed by atoms with Crippen molar-refractivity contribution in [2.45, 2.75) is 31.1 Å². The van der Waals surface area contributed by atoms with Crippen LogP contribution in [-0.2, 0) is 27.9 Å².